The van der Waals surface area contributed by atoms with Crippen LogP contribution in [-0.4, -0.2) is 19.8 Å². The molecule has 1 heterocycles. The number of nitrogens with zero attached hydrogens (tertiary/aromatic N) is 1. The molecule has 0 bridgehead atoms. The van der Waals surface area contributed by atoms with Gasteiger partial charge in [-0.15, -0.1) is 11.3 Å². The van der Waals surface area contributed by atoms with Crippen LogP contribution in [0.5, 0.6) is 0 Å². The molecule has 0 saturated heterocycles. The van der Waals surface area contributed by atoms with Gasteiger partial charge in [0.2, 0.25) is 10.0 Å². The third-order valence-electron chi connectivity index (χ3n) is 3.17. The fourth-order valence-electron chi connectivity index (χ4n) is 2.04. The maximum absolute atomic E-state index is 12.5. The highest BCUT2D eigenvalue weighted by atomic mass is 79.9. The van der Waals surface area contributed by atoms with Gasteiger partial charge in [0, 0.05) is 28.3 Å². The molecule has 0 radical (unpaired) electrons. The van der Waals surface area contributed by atoms with Crippen LogP contribution in [0, 0.1) is 0 Å². The van der Waals surface area contributed by atoms with Crippen LogP contribution in [0.4, 0.5) is 0 Å². The molecule has 6 heteroatoms. The third kappa shape index (κ3) is 4.16. The normalized spacial score (nSPS) is 12.0. The first-order chi connectivity index (χ1) is 9.93. The van der Waals surface area contributed by atoms with Crippen LogP contribution in [0.2, 0.25) is 0 Å². The van der Waals surface area contributed by atoms with Gasteiger partial charge in [0.1, 0.15) is 0 Å². The molecule has 1 aromatic carbocycles. The fourth-order valence-corrected chi connectivity index (χ4v) is 4.77. The van der Waals surface area contributed by atoms with Gasteiger partial charge >= 0.3 is 0 Å². The van der Waals surface area contributed by atoms with Gasteiger partial charge in [-0.1, -0.05) is 25.5 Å². The summed E-state index contributed by atoms with van der Waals surface area (Å²) in [6.45, 7) is 2.49. The van der Waals surface area contributed by atoms with E-state index in [0.29, 0.717) is 11.4 Å². The summed E-state index contributed by atoms with van der Waals surface area (Å²) in [4.78, 5) is 1.36. The summed E-state index contributed by atoms with van der Waals surface area (Å²) in [5.41, 5.74) is 1.17. The minimum absolute atomic E-state index is 0.348. The Bertz CT molecular complexity index is 693. The van der Waals surface area contributed by atoms with Crippen molar-refractivity contribution in [3.05, 3.63) is 50.6 Å². The Morgan fingerprint density at radius 3 is 2.43 bits per heavy atom. The van der Waals surface area contributed by atoms with E-state index in [1.54, 1.807) is 30.5 Å². The third-order valence-corrected chi connectivity index (χ3v) is 6.67. The molecule has 0 unspecified atom stereocenters. The highest BCUT2D eigenvalue weighted by molar-refractivity contribution is 9.10. The van der Waals surface area contributed by atoms with Gasteiger partial charge < -0.3 is 0 Å². The molecule has 0 atom stereocenters. The lowest BCUT2D eigenvalue weighted by Gasteiger charge is -2.16. The summed E-state index contributed by atoms with van der Waals surface area (Å²) >= 11 is 4.93. The number of sulfonamides is 1. The van der Waals surface area contributed by atoms with Crippen LogP contribution < -0.4 is 0 Å². The molecule has 0 aliphatic heterocycles. The Morgan fingerprint density at radius 2 is 1.90 bits per heavy atom. The van der Waals surface area contributed by atoms with Crippen LogP contribution in [0.15, 0.2) is 45.1 Å². The number of rotatable bonds is 6. The fraction of sp³-hybridized carbons (Fsp3) is 0.333. The molecular formula is C15H18BrNO2S2. The van der Waals surface area contributed by atoms with Gasteiger partial charge in [0.05, 0.1) is 4.90 Å². The molecule has 0 saturated carbocycles. The summed E-state index contributed by atoms with van der Waals surface area (Å²) < 4.78 is 27.4. The van der Waals surface area contributed by atoms with E-state index in [1.807, 2.05) is 23.6 Å². The number of aryl methyl sites for hydroxylation is 1. The molecule has 0 N–H and O–H groups in total. The Hall–Kier alpha value is -0.690. The minimum atomic E-state index is -3.43. The Morgan fingerprint density at radius 1 is 1.24 bits per heavy atom. The second-order valence-corrected chi connectivity index (χ2v) is 8.84. The minimum Gasteiger partial charge on any atom is -0.207 e. The topological polar surface area (TPSA) is 37.4 Å². The van der Waals surface area contributed by atoms with E-state index in [1.165, 1.54) is 9.87 Å². The molecule has 0 aliphatic rings. The predicted octanol–water partition coefficient (Wildman–Crippen LogP) is 4.28. The van der Waals surface area contributed by atoms with E-state index in [2.05, 4.69) is 22.9 Å². The van der Waals surface area contributed by atoms with Gasteiger partial charge in [-0.05, 0) is 46.1 Å². The van der Waals surface area contributed by atoms with E-state index >= 15 is 0 Å². The van der Waals surface area contributed by atoms with Crippen molar-refractivity contribution >= 4 is 37.3 Å². The van der Waals surface area contributed by atoms with Crippen LogP contribution >= 0.6 is 27.3 Å². The Labute approximate surface area is 138 Å². The average molecular weight is 388 g/mol. The maximum Gasteiger partial charge on any atom is 0.243 e. The van der Waals surface area contributed by atoms with Crippen molar-refractivity contribution in [2.75, 3.05) is 7.05 Å². The van der Waals surface area contributed by atoms with Gasteiger partial charge in [0.25, 0.3) is 0 Å². The van der Waals surface area contributed by atoms with Gasteiger partial charge in [0.15, 0.2) is 0 Å². The van der Waals surface area contributed by atoms with Crippen LogP contribution in [0.3, 0.4) is 0 Å². The second kappa shape index (κ2) is 7.05. The number of halogens is 1. The van der Waals surface area contributed by atoms with Gasteiger partial charge in [-0.2, -0.15) is 4.31 Å². The van der Waals surface area contributed by atoms with Crippen molar-refractivity contribution in [1.82, 2.24) is 4.31 Å². The molecular weight excluding hydrogens is 370 g/mol. The first kappa shape index (κ1) is 16.7. The monoisotopic (exact) mass is 387 g/mol. The maximum atomic E-state index is 12.5. The summed E-state index contributed by atoms with van der Waals surface area (Å²) in [6, 6.07) is 9.13. The van der Waals surface area contributed by atoms with Crippen molar-refractivity contribution in [1.29, 1.82) is 0 Å². The van der Waals surface area contributed by atoms with E-state index in [-0.39, 0.29) is 0 Å². The van der Waals surface area contributed by atoms with Gasteiger partial charge in [-0.3, -0.25) is 0 Å². The SMILES string of the molecule is CCCc1ccc(S(=O)(=O)N(C)Cc2cc(Br)cs2)cc1. The standard InChI is InChI=1S/C15H18BrNO2S2/c1-3-4-12-5-7-15(8-6-12)21(18,19)17(2)10-14-9-13(16)11-20-14/h5-9,11H,3-4,10H2,1-2H3. The molecule has 0 aliphatic carbocycles. The molecule has 0 fully saturated rings. The molecule has 0 amide bonds. The van der Waals surface area contributed by atoms with Gasteiger partial charge in [-0.25, -0.2) is 8.42 Å². The predicted molar refractivity (Wildman–Crippen MR) is 91.1 cm³/mol. The molecule has 2 rings (SSSR count). The van der Waals surface area contributed by atoms with Crippen molar-refractivity contribution in [3.63, 3.8) is 0 Å². The van der Waals surface area contributed by atoms with Crippen LogP contribution in [-0.2, 0) is 23.0 Å². The number of hydrogen-bond donors (Lipinski definition) is 0. The van der Waals surface area contributed by atoms with Crippen LogP contribution in [0.25, 0.3) is 0 Å². The smallest absolute Gasteiger partial charge is 0.207 e. The number of hydrogen-bond acceptors (Lipinski definition) is 3. The van der Waals surface area contributed by atoms with E-state index in [9.17, 15) is 8.42 Å². The zero-order valence-electron chi connectivity index (χ0n) is 12.0. The highest BCUT2D eigenvalue weighted by Gasteiger charge is 2.21. The largest absolute Gasteiger partial charge is 0.243 e. The lowest BCUT2D eigenvalue weighted by Crippen LogP contribution is -2.26. The zero-order valence-corrected chi connectivity index (χ0v) is 15.3. The van der Waals surface area contributed by atoms with Crippen molar-refractivity contribution in [2.24, 2.45) is 0 Å². The summed E-state index contributed by atoms with van der Waals surface area (Å²) in [7, 11) is -1.82. The Kier molecular flexibility index (Phi) is 5.60. The lowest BCUT2D eigenvalue weighted by atomic mass is 10.1. The molecule has 1 aromatic heterocycles. The Balaban J connectivity index is 2.16. The van der Waals surface area contributed by atoms with E-state index in [0.717, 1.165) is 22.2 Å². The molecule has 3 nitrogen and oxygen atoms in total. The van der Waals surface area contributed by atoms with E-state index < -0.39 is 10.0 Å². The quantitative estimate of drug-likeness (QED) is 0.741. The molecule has 0 spiro atoms. The summed E-state index contributed by atoms with van der Waals surface area (Å²) in [6.07, 6.45) is 2.03. The summed E-state index contributed by atoms with van der Waals surface area (Å²) in [5, 5.41) is 1.95. The first-order valence-electron chi connectivity index (χ1n) is 6.71. The number of benzene rings is 1. The van der Waals surface area contributed by atoms with Crippen molar-refractivity contribution in [2.45, 2.75) is 31.2 Å². The van der Waals surface area contributed by atoms with E-state index in [4.69, 9.17) is 0 Å². The molecule has 21 heavy (non-hydrogen) atoms. The second-order valence-electron chi connectivity index (χ2n) is 4.89. The first-order valence-corrected chi connectivity index (χ1v) is 9.83. The van der Waals surface area contributed by atoms with Crippen molar-refractivity contribution < 1.29 is 8.42 Å². The highest BCUT2D eigenvalue weighted by Crippen LogP contribution is 2.23. The van der Waals surface area contributed by atoms with Crippen molar-refractivity contribution in [3.8, 4) is 0 Å². The van der Waals surface area contributed by atoms with Crippen LogP contribution in [0.1, 0.15) is 23.8 Å². The average Bonchev–Trinajstić information content (AvgIpc) is 2.85. The molecule has 114 valence electrons. The molecule has 2 aromatic rings. The summed E-state index contributed by atoms with van der Waals surface area (Å²) in [5.74, 6) is 0. The zero-order chi connectivity index (χ0) is 15.5. The lowest BCUT2D eigenvalue weighted by molar-refractivity contribution is 0.469. The number of thiophene rings is 1.